The average molecular weight is 255 g/mol. The first kappa shape index (κ1) is 11.0. The highest BCUT2D eigenvalue weighted by Crippen LogP contribution is 2.22. The largest absolute Gasteiger partial charge is 0.478 e. The average Bonchev–Trinajstić information content (AvgIpc) is 2.08. The second-order valence-corrected chi connectivity index (χ2v) is 3.98. The molecule has 0 aliphatic rings. The predicted octanol–water partition coefficient (Wildman–Crippen LogP) is 3.25. The number of aliphatic carboxylic acids is 1. The minimum absolute atomic E-state index is 0.748. The summed E-state index contributed by atoms with van der Waals surface area (Å²) in [7, 11) is 0. The van der Waals surface area contributed by atoms with E-state index in [1.807, 2.05) is 25.1 Å². The molecule has 1 aromatic carbocycles. The molecule has 74 valence electrons. The van der Waals surface area contributed by atoms with E-state index in [1.165, 1.54) is 6.08 Å². The Morgan fingerprint density at radius 1 is 1.50 bits per heavy atom. The van der Waals surface area contributed by atoms with Crippen LogP contribution >= 0.6 is 15.9 Å². The van der Waals surface area contributed by atoms with Gasteiger partial charge in [0.15, 0.2) is 0 Å². The van der Waals surface area contributed by atoms with E-state index in [-0.39, 0.29) is 0 Å². The third-order valence-corrected chi connectivity index (χ3v) is 2.82. The van der Waals surface area contributed by atoms with Crippen molar-refractivity contribution >= 4 is 27.5 Å². The van der Waals surface area contributed by atoms with Crippen molar-refractivity contribution in [1.82, 2.24) is 0 Å². The third-order valence-electron chi connectivity index (χ3n) is 1.97. The molecule has 0 fully saturated rings. The number of hydrogen-bond donors (Lipinski definition) is 1. The van der Waals surface area contributed by atoms with Gasteiger partial charge >= 0.3 is 5.97 Å². The molecule has 0 saturated carbocycles. The highest BCUT2D eigenvalue weighted by Gasteiger charge is 2.00. The second-order valence-electron chi connectivity index (χ2n) is 3.13. The van der Waals surface area contributed by atoms with Gasteiger partial charge in [0.05, 0.1) is 0 Å². The summed E-state index contributed by atoms with van der Waals surface area (Å²) in [6, 6.07) is 5.79. The Morgan fingerprint density at radius 2 is 2.14 bits per heavy atom. The lowest BCUT2D eigenvalue weighted by Crippen LogP contribution is -1.90. The van der Waals surface area contributed by atoms with Crippen LogP contribution in [0.5, 0.6) is 0 Å². The van der Waals surface area contributed by atoms with Crippen LogP contribution in [0.3, 0.4) is 0 Å². The fourth-order valence-electron chi connectivity index (χ4n) is 1.11. The van der Waals surface area contributed by atoms with Crippen molar-refractivity contribution in [3.8, 4) is 0 Å². The lowest BCUT2D eigenvalue weighted by Gasteiger charge is -2.03. The van der Waals surface area contributed by atoms with Crippen LogP contribution in [-0.4, -0.2) is 11.1 Å². The van der Waals surface area contributed by atoms with Gasteiger partial charge in [0.1, 0.15) is 0 Å². The normalized spacial score (nSPS) is 11.5. The molecule has 1 rings (SSSR count). The van der Waals surface area contributed by atoms with Crippen LogP contribution in [0.2, 0.25) is 0 Å². The lowest BCUT2D eigenvalue weighted by molar-refractivity contribution is -0.131. The first-order valence-corrected chi connectivity index (χ1v) is 4.98. The molecule has 14 heavy (non-hydrogen) atoms. The van der Waals surface area contributed by atoms with E-state index in [2.05, 4.69) is 15.9 Å². The summed E-state index contributed by atoms with van der Waals surface area (Å²) >= 11 is 3.41. The van der Waals surface area contributed by atoms with Crippen molar-refractivity contribution in [3.63, 3.8) is 0 Å². The number of allylic oxidation sites excluding steroid dienone is 1. The monoisotopic (exact) mass is 254 g/mol. The number of carbonyl (C=O) groups is 1. The molecule has 1 aromatic rings. The zero-order valence-electron chi connectivity index (χ0n) is 8.04. The van der Waals surface area contributed by atoms with Crippen molar-refractivity contribution in [2.75, 3.05) is 0 Å². The van der Waals surface area contributed by atoms with E-state index >= 15 is 0 Å². The number of aryl methyl sites for hydroxylation is 1. The number of carboxylic acids is 1. The Labute approximate surface area is 91.4 Å². The molecule has 2 nitrogen and oxygen atoms in total. The maximum Gasteiger partial charge on any atom is 0.328 e. The van der Waals surface area contributed by atoms with Gasteiger partial charge in [-0.25, -0.2) is 4.79 Å². The summed E-state index contributed by atoms with van der Waals surface area (Å²) in [5, 5.41) is 8.58. The number of hydrogen-bond acceptors (Lipinski definition) is 1. The van der Waals surface area contributed by atoms with Gasteiger partial charge in [-0.3, -0.25) is 0 Å². The van der Waals surface area contributed by atoms with Gasteiger partial charge in [-0.2, -0.15) is 0 Å². The summed E-state index contributed by atoms with van der Waals surface area (Å²) < 4.78 is 0.994. The minimum atomic E-state index is -0.917. The Kier molecular flexibility index (Phi) is 3.47. The molecule has 0 aliphatic heterocycles. The van der Waals surface area contributed by atoms with Crippen LogP contribution in [0.15, 0.2) is 28.7 Å². The van der Waals surface area contributed by atoms with Crippen molar-refractivity contribution in [1.29, 1.82) is 0 Å². The van der Waals surface area contributed by atoms with Crippen LogP contribution in [0.4, 0.5) is 0 Å². The molecule has 3 heteroatoms. The molecular weight excluding hydrogens is 244 g/mol. The SMILES string of the molecule is C/C(=C/C(=O)O)c1ccc(C)c(Br)c1. The molecule has 0 amide bonds. The summed E-state index contributed by atoms with van der Waals surface area (Å²) in [5.41, 5.74) is 2.81. The van der Waals surface area contributed by atoms with Crippen LogP contribution in [0.25, 0.3) is 5.57 Å². The molecule has 0 unspecified atom stereocenters. The maximum absolute atomic E-state index is 10.4. The smallest absolute Gasteiger partial charge is 0.328 e. The first-order valence-electron chi connectivity index (χ1n) is 4.18. The fraction of sp³-hybridized carbons (Fsp3) is 0.182. The van der Waals surface area contributed by atoms with E-state index in [9.17, 15) is 4.79 Å². The Hall–Kier alpha value is -1.09. The molecule has 0 spiro atoms. The van der Waals surface area contributed by atoms with Gasteiger partial charge in [0.25, 0.3) is 0 Å². The number of rotatable bonds is 2. The van der Waals surface area contributed by atoms with E-state index in [1.54, 1.807) is 6.92 Å². The molecule has 0 heterocycles. The van der Waals surface area contributed by atoms with Gasteiger partial charge in [0, 0.05) is 10.5 Å². The van der Waals surface area contributed by atoms with Crippen LogP contribution < -0.4 is 0 Å². The van der Waals surface area contributed by atoms with Gasteiger partial charge in [0.2, 0.25) is 0 Å². The fourth-order valence-corrected chi connectivity index (χ4v) is 1.49. The second kappa shape index (κ2) is 4.42. The van der Waals surface area contributed by atoms with Crippen LogP contribution in [0, 0.1) is 6.92 Å². The first-order chi connectivity index (χ1) is 6.50. The number of halogens is 1. The predicted molar refractivity (Wildman–Crippen MR) is 60.2 cm³/mol. The summed E-state index contributed by atoms with van der Waals surface area (Å²) in [6.07, 6.45) is 1.21. The van der Waals surface area contributed by atoms with E-state index in [4.69, 9.17) is 5.11 Å². The summed E-state index contributed by atoms with van der Waals surface area (Å²) in [6.45, 7) is 3.77. The number of carboxylic acid groups (broad SMARTS) is 1. The van der Waals surface area contributed by atoms with E-state index in [0.29, 0.717) is 0 Å². The highest BCUT2D eigenvalue weighted by molar-refractivity contribution is 9.10. The van der Waals surface area contributed by atoms with Crippen molar-refractivity contribution in [2.24, 2.45) is 0 Å². The molecular formula is C11H11BrO2. The van der Waals surface area contributed by atoms with Gasteiger partial charge in [-0.1, -0.05) is 28.1 Å². The quantitative estimate of drug-likeness (QED) is 0.823. The summed E-state index contributed by atoms with van der Waals surface area (Å²) in [5.74, 6) is -0.917. The standard InChI is InChI=1S/C11H11BrO2/c1-7-3-4-9(6-10(7)12)8(2)5-11(13)14/h3-6H,1-2H3,(H,13,14)/b8-5-. The Morgan fingerprint density at radius 3 is 2.64 bits per heavy atom. The van der Waals surface area contributed by atoms with Crippen molar-refractivity contribution in [3.05, 3.63) is 39.9 Å². The molecule has 0 bridgehead atoms. The Balaban J connectivity index is 3.09. The third kappa shape index (κ3) is 2.70. The van der Waals surface area contributed by atoms with E-state index < -0.39 is 5.97 Å². The topological polar surface area (TPSA) is 37.3 Å². The number of benzene rings is 1. The zero-order chi connectivity index (χ0) is 10.7. The zero-order valence-corrected chi connectivity index (χ0v) is 9.63. The molecule has 0 aliphatic carbocycles. The van der Waals surface area contributed by atoms with Crippen molar-refractivity contribution < 1.29 is 9.90 Å². The summed E-state index contributed by atoms with van der Waals surface area (Å²) in [4.78, 5) is 10.4. The van der Waals surface area contributed by atoms with Gasteiger partial charge in [-0.05, 0) is 36.6 Å². The Bertz CT molecular complexity index is 394. The van der Waals surface area contributed by atoms with Crippen molar-refractivity contribution in [2.45, 2.75) is 13.8 Å². The maximum atomic E-state index is 10.4. The molecule has 1 N–H and O–H groups in total. The minimum Gasteiger partial charge on any atom is -0.478 e. The van der Waals surface area contributed by atoms with Crippen LogP contribution in [-0.2, 0) is 4.79 Å². The highest BCUT2D eigenvalue weighted by atomic mass is 79.9. The van der Waals surface area contributed by atoms with Gasteiger partial charge < -0.3 is 5.11 Å². The molecule has 0 saturated heterocycles. The van der Waals surface area contributed by atoms with Crippen LogP contribution in [0.1, 0.15) is 18.1 Å². The molecule has 0 aromatic heterocycles. The molecule has 0 atom stereocenters. The molecule has 0 radical (unpaired) electrons. The van der Waals surface area contributed by atoms with E-state index in [0.717, 1.165) is 21.2 Å². The lowest BCUT2D eigenvalue weighted by atomic mass is 10.1. The van der Waals surface area contributed by atoms with Gasteiger partial charge in [-0.15, -0.1) is 0 Å².